The SMILES string of the molecule is CCC(=O)N[C@H]1CC[C@@H](N(C)C(=O)c2ccc(-c3cc(F)cc(F)c3)c(C#N)c2)C1. The van der Waals surface area contributed by atoms with Gasteiger partial charge in [0.1, 0.15) is 11.6 Å². The van der Waals surface area contributed by atoms with Gasteiger partial charge >= 0.3 is 0 Å². The lowest BCUT2D eigenvalue weighted by molar-refractivity contribution is -0.121. The second kappa shape index (κ2) is 9.04. The Balaban J connectivity index is 1.78. The quantitative estimate of drug-likeness (QED) is 0.808. The summed E-state index contributed by atoms with van der Waals surface area (Å²) < 4.78 is 27.1. The highest BCUT2D eigenvalue weighted by Crippen LogP contribution is 2.28. The molecular formula is C23H23F2N3O2. The van der Waals surface area contributed by atoms with Gasteiger partial charge in [0.2, 0.25) is 5.91 Å². The number of rotatable bonds is 5. The summed E-state index contributed by atoms with van der Waals surface area (Å²) in [7, 11) is 1.71. The van der Waals surface area contributed by atoms with Gasteiger partial charge in [0.05, 0.1) is 11.6 Å². The summed E-state index contributed by atoms with van der Waals surface area (Å²) in [6, 6.07) is 9.65. The smallest absolute Gasteiger partial charge is 0.253 e. The van der Waals surface area contributed by atoms with Crippen LogP contribution in [-0.4, -0.2) is 35.8 Å². The van der Waals surface area contributed by atoms with E-state index in [-0.39, 0.29) is 35.0 Å². The summed E-state index contributed by atoms with van der Waals surface area (Å²) >= 11 is 0. The van der Waals surface area contributed by atoms with E-state index in [0.29, 0.717) is 24.0 Å². The van der Waals surface area contributed by atoms with Crippen molar-refractivity contribution in [2.45, 2.75) is 44.7 Å². The lowest BCUT2D eigenvalue weighted by Gasteiger charge is -2.25. The van der Waals surface area contributed by atoms with E-state index in [1.54, 1.807) is 24.9 Å². The zero-order chi connectivity index (χ0) is 21.8. The van der Waals surface area contributed by atoms with Crippen molar-refractivity contribution in [2.75, 3.05) is 7.05 Å². The first kappa shape index (κ1) is 21.4. The molecular weight excluding hydrogens is 388 g/mol. The van der Waals surface area contributed by atoms with Crippen molar-refractivity contribution in [3.63, 3.8) is 0 Å². The average molecular weight is 411 g/mol. The van der Waals surface area contributed by atoms with Crippen LogP contribution in [0.2, 0.25) is 0 Å². The molecule has 0 radical (unpaired) electrons. The van der Waals surface area contributed by atoms with Crippen molar-refractivity contribution in [2.24, 2.45) is 0 Å². The van der Waals surface area contributed by atoms with Crippen LogP contribution in [0, 0.1) is 23.0 Å². The molecule has 1 N–H and O–H groups in total. The van der Waals surface area contributed by atoms with Gasteiger partial charge in [-0.1, -0.05) is 13.0 Å². The van der Waals surface area contributed by atoms with Gasteiger partial charge in [0, 0.05) is 37.2 Å². The maximum Gasteiger partial charge on any atom is 0.253 e. The summed E-state index contributed by atoms with van der Waals surface area (Å²) in [5, 5.41) is 12.5. The molecule has 2 aromatic rings. The molecule has 1 saturated carbocycles. The number of carbonyl (C=O) groups is 2. The molecule has 1 aliphatic carbocycles. The van der Waals surface area contributed by atoms with E-state index in [4.69, 9.17) is 0 Å². The third-order valence-corrected chi connectivity index (χ3v) is 5.52. The van der Waals surface area contributed by atoms with E-state index >= 15 is 0 Å². The van der Waals surface area contributed by atoms with Crippen molar-refractivity contribution in [1.29, 1.82) is 5.26 Å². The van der Waals surface area contributed by atoms with E-state index in [9.17, 15) is 23.6 Å². The van der Waals surface area contributed by atoms with E-state index in [0.717, 1.165) is 31.0 Å². The summed E-state index contributed by atoms with van der Waals surface area (Å²) in [5.41, 5.74) is 1.09. The monoisotopic (exact) mass is 411 g/mol. The van der Waals surface area contributed by atoms with Crippen LogP contribution >= 0.6 is 0 Å². The van der Waals surface area contributed by atoms with Gasteiger partial charge in [-0.2, -0.15) is 5.26 Å². The maximum atomic E-state index is 13.6. The summed E-state index contributed by atoms with van der Waals surface area (Å²) in [6.07, 6.45) is 2.69. The number of nitriles is 1. The molecule has 30 heavy (non-hydrogen) atoms. The fourth-order valence-electron chi connectivity index (χ4n) is 3.87. The minimum Gasteiger partial charge on any atom is -0.353 e. The van der Waals surface area contributed by atoms with Gasteiger partial charge in [0.25, 0.3) is 5.91 Å². The van der Waals surface area contributed by atoms with Crippen molar-refractivity contribution in [3.8, 4) is 17.2 Å². The number of benzene rings is 2. The summed E-state index contributed by atoms with van der Waals surface area (Å²) in [5.74, 6) is -1.71. The second-order valence-electron chi connectivity index (χ2n) is 7.53. The zero-order valence-corrected chi connectivity index (χ0v) is 16.9. The number of nitrogens with zero attached hydrogens (tertiary/aromatic N) is 2. The van der Waals surface area contributed by atoms with Crippen LogP contribution in [-0.2, 0) is 4.79 Å². The first-order chi connectivity index (χ1) is 14.3. The third-order valence-electron chi connectivity index (χ3n) is 5.52. The molecule has 2 atom stereocenters. The lowest BCUT2D eigenvalue weighted by Crippen LogP contribution is -2.38. The van der Waals surface area contributed by atoms with Crippen LogP contribution in [0.5, 0.6) is 0 Å². The first-order valence-electron chi connectivity index (χ1n) is 9.89. The Hall–Kier alpha value is -3.27. The Bertz CT molecular complexity index is 996. The summed E-state index contributed by atoms with van der Waals surface area (Å²) in [4.78, 5) is 26.2. The van der Waals surface area contributed by atoms with E-state index < -0.39 is 11.6 Å². The number of nitrogens with one attached hydrogen (secondary N) is 1. The predicted molar refractivity (Wildman–Crippen MR) is 108 cm³/mol. The van der Waals surface area contributed by atoms with Crippen LogP contribution in [0.3, 0.4) is 0 Å². The highest BCUT2D eigenvalue weighted by atomic mass is 19.1. The second-order valence-corrected chi connectivity index (χ2v) is 7.53. The van der Waals surface area contributed by atoms with Gasteiger partial charge in [0.15, 0.2) is 0 Å². The zero-order valence-electron chi connectivity index (χ0n) is 16.9. The topological polar surface area (TPSA) is 73.2 Å². The Kier molecular flexibility index (Phi) is 6.46. The molecule has 2 aromatic carbocycles. The largest absolute Gasteiger partial charge is 0.353 e. The molecule has 0 saturated heterocycles. The highest BCUT2D eigenvalue weighted by Gasteiger charge is 2.31. The highest BCUT2D eigenvalue weighted by molar-refractivity contribution is 5.95. The molecule has 7 heteroatoms. The molecule has 3 rings (SSSR count). The van der Waals surface area contributed by atoms with Crippen molar-refractivity contribution >= 4 is 11.8 Å². The fourth-order valence-corrected chi connectivity index (χ4v) is 3.87. The minimum atomic E-state index is -0.736. The Morgan fingerprint density at radius 2 is 1.87 bits per heavy atom. The maximum absolute atomic E-state index is 13.6. The van der Waals surface area contributed by atoms with Gasteiger partial charge in [-0.25, -0.2) is 8.78 Å². The van der Waals surface area contributed by atoms with Crippen LogP contribution in [0.4, 0.5) is 8.78 Å². The average Bonchev–Trinajstić information content (AvgIpc) is 3.19. The van der Waals surface area contributed by atoms with E-state index in [2.05, 4.69) is 5.32 Å². The van der Waals surface area contributed by atoms with Crippen LogP contribution in [0.25, 0.3) is 11.1 Å². The number of hydrogen-bond acceptors (Lipinski definition) is 3. The third kappa shape index (κ3) is 4.65. The van der Waals surface area contributed by atoms with Crippen molar-refractivity contribution in [1.82, 2.24) is 10.2 Å². The molecule has 1 aliphatic rings. The molecule has 0 aliphatic heterocycles. The van der Waals surface area contributed by atoms with Gasteiger partial charge in [-0.05, 0) is 54.7 Å². The van der Waals surface area contributed by atoms with Crippen LogP contribution in [0.15, 0.2) is 36.4 Å². The number of carbonyl (C=O) groups excluding carboxylic acids is 2. The van der Waals surface area contributed by atoms with Crippen LogP contribution < -0.4 is 5.32 Å². The van der Waals surface area contributed by atoms with E-state index in [1.165, 1.54) is 12.1 Å². The van der Waals surface area contributed by atoms with Crippen molar-refractivity contribution < 1.29 is 18.4 Å². The molecule has 0 spiro atoms. The molecule has 0 aromatic heterocycles. The number of halogens is 2. The normalized spacial score (nSPS) is 18.0. The molecule has 5 nitrogen and oxygen atoms in total. The van der Waals surface area contributed by atoms with Gasteiger partial charge in [-0.3, -0.25) is 9.59 Å². The fraction of sp³-hybridized carbons (Fsp3) is 0.348. The summed E-state index contributed by atoms with van der Waals surface area (Å²) in [6.45, 7) is 1.80. The molecule has 156 valence electrons. The molecule has 2 amide bonds. The Morgan fingerprint density at radius 3 is 2.50 bits per heavy atom. The Morgan fingerprint density at radius 1 is 1.17 bits per heavy atom. The number of amides is 2. The van der Waals surface area contributed by atoms with Gasteiger partial charge < -0.3 is 10.2 Å². The molecule has 0 unspecified atom stereocenters. The van der Waals surface area contributed by atoms with E-state index in [1.807, 2.05) is 6.07 Å². The molecule has 0 bridgehead atoms. The standard InChI is InChI=1S/C23H23F2N3O2/c1-3-22(29)27-19-5-6-20(12-19)28(2)23(30)14-4-7-21(16(8-14)13-26)15-9-17(24)11-18(25)10-15/h4,7-11,19-20H,3,5-6,12H2,1-2H3,(H,27,29)/t19-,20+/m0/s1. The van der Waals surface area contributed by atoms with Crippen LogP contribution in [0.1, 0.15) is 48.5 Å². The molecule has 1 fully saturated rings. The predicted octanol–water partition coefficient (Wildman–Crippen LogP) is 4.02. The van der Waals surface area contributed by atoms with Gasteiger partial charge in [-0.15, -0.1) is 0 Å². The Labute approximate surface area is 174 Å². The van der Waals surface area contributed by atoms with Crippen molar-refractivity contribution in [3.05, 3.63) is 59.2 Å². The lowest BCUT2D eigenvalue weighted by atomic mass is 9.97. The molecule has 0 heterocycles. The minimum absolute atomic E-state index is 0.00216. The first-order valence-corrected chi connectivity index (χ1v) is 9.89. The number of hydrogen-bond donors (Lipinski definition) is 1.